The van der Waals surface area contributed by atoms with Crippen LogP contribution in [0.3, 0.4) is 0 Å². The molecule has 0 spiro atoms. The predicted octanol–water partition coefficient (Wildman–Crippen LogP) is 12.0. The second-order valence-electron chi connectivity index (χ2n) is 11.7. The Morgan fingerprint density at radius 1 is 0.625 bits per heavy atom. The highest BCUT2D eigenvalue weighted by molar-refractivity contribution is 5.83. The lowest BCUT2D eigenvalue weighted by molar-refractivity contribution is -0.345. The van der Waals surface area contributed by atoms with Crippen LogP contribution in [-0.4, -0.2) is 4.70 Å². The summed E-state index contributed by atoms with van der Waals surface area (Å²) < 4.78 is 1.46. The van der Waals surface area contributed by atoms with Gasteiger partial charge < -0.3 is 5.53 Å². The molecule has 2 aromatic rings. The molecule has 0 aliphatic carbocycles. The third kappa shape index (κ3) is 9.43. The minimum absolute atomic E-state index is 0.910. The molecule has 1 heterocycles. The van der Waals surface area contributed by atoms with Gasteiger partial charge in [0.15, 0.2) is 0 Å². The van der Waals surface area contributed by atoms with Gasteiger partial charge in [-0.05, 0) is 80.8 Å². The molecule has 2 heteroatoms. The Hall–Kier alpha value is -2.74. The Morgan fingerprint density at radius 3 is 1.68 bits per heavy atom. The molecule has 0 bridgehead atoms. The van der Waals surface area contributed by atoms with E-state index < -0.39 is 0 Å². The molecule has 0 saturated carbocycles. The van der Waals surface area contributed by atoms with Crippen molar-refractivity contribution in [1.82, 2.24) is 0 Å². The number of unbranched alkanes of at least 4 members (excludes halogenated alkanes) is 11. The summed E-state index contributed by atoms with van der Waals surface area (Å²) in [5.41, 5.74) is 20.7. The largest absolute Gasteiger partial charge is 0.493 e. The Kier molecular flexibility index (Phi) is 14.2. The third-order valence-corrected chi connectivity index (χ3v) is 8.24. The first-order chi connectivity index (χ1) is 19.6. The molecule has 1 aliphatic rings. The molecule has 2 aromatic carbocycles. The van der Waals surface area contributed by atoms with E-state index in [4.69, 9.17) is 0 Å². The third-order valence-electron chi connectivity index (χ3n) is 8.24. The standard InChI is InChI=1S/C38H54N2/c1-5-8-11-12-13-14-15-16-17-18-19-28-36-31(4)37(34-26-20-24-32(29-34)22-9-6-2)40(39)38(36)35-27-21-25-33(30-35)23-10-7-3/h19-21,24-30H,5-18,22-23H2,1-4H3. The first kappa shape index (κ1) is 31.8. The van der Waals surface area contributed by atoms with E-state index in [1.807, 2.05) is 0 Å². The van der Waals surface area contributed by atoms with Crippen LogP contribution in [0.25, 0.3) is 16.9 Å². The van der Waals surface area contributed by atoms with Gasteiger partial charge in [0.1, 0.15) is 0 Å². The molecule has 3 rings (SSSR count). The molecule has 0 amide bonds. The number of allylic oxidation sites excluding steroid dienone is 4. The molecular weight excluding hydrogens is 484 g/mol. The lowest BCUT2D eigenvalue weighted by Gasteiger charge is -2.11. The van der Waals surface area contributed by atoms with Crippen LogP contribution in [0.15, 0.2) is 71.8 Å². The topological polar surface area (TPSA) is 25.3 Å². The molecule has 0 aromatic heterocycles. The summed E-state index contributed by atoms with van der Waals surface area (Å²) >= 11 is 0. The van der Waals surface area contributed by atoms with E-state index in [9.17, 15) is 5.53 Å². The predicted molar refractivity (Wildman–Crippen MR) is 174 cm³/mol. The number of benzene rings is 2. The van der Waals surface area contributed by atoms with E-state index in [-0.39, 0.29) is 0 Å². The normalized spacial score (nSPS) is 13.8. The van der Waals surface area contributed by atoms with Crippen molar-refractivity contribution in [2.75, 3.05) is 0 Å². The maximum atomic E-state index is 11.7. The molecule has 0 N–H and O–H groups in total. The molecule has 0 saturated heterocycles. The van der Waals surface area contributed by atoms with E-state index in [0.29, 0.717) is 0 Å². The fourth-order valence-corrected chi connectivity index (χ4v) is 5.79. The summed E-state index contributed by atoms with van der Waals surface area (Å²) in [7, 11) is 0. The highest BCUT2D eigenvalue weighted by Crippen LogP contribution is 2.41. The summed E-state index contributed by atoms with van der Waals surface area (Å²) in [6.07, 6.45) is 24.7. The van der Waals surface area contributed by atoms with Gasteiger partial charge in [0, 0.05) is 16.7 Å². The summed E-state index contributed by atoms with van der Waals surface area (Å²) in [6.45, 7) is 8.93. The smallest absolute Gasteiger partial charge is 0.215 e. The number of hydrogen-bond acceptors (Lipinski definition) is 0. The summed E-state index contributed by atoms with van der Waals surface area (Å²) in [5, 5.41) is 0. The van der Waals surface area contributed by atoms with Crippen molar-refractivity contribution in [1.29, 1.82) is 0 Å². The van der Waals surface area contributed by atoms with Crippen LogP contribution >= 0.6 is 0 Å². The molecule has 0 unspecified atom stereocenters. The zero-order valence-electron chi connectivity index (χ0n) is 26.0. The zero-order chi connectivity index (χ0) is 28.6. The number of nitrogens with zero attached hydrogens (tertiary/aromatic N) is 2. The van der Waals surface area contributed by atoms with E-state index in [1.165, 1.54) is 99.3 Å². The Balaban J connectivity index is 1.78. The van der Waals surface area contributed by atoms with Crippen LogP contribution in [0.5, 0.6) is 0 Å². The minimum Gasteiger partial charge on any atom is -0.493 e. The maximum Gasteiger partial charge on any atom is 0.215 e. The first-order valence-corrected chi connectivity index (χ1v) is 16.4. The number of aryl methyl sites for hydroxylation is 2. The van der Waals surface area contributed by atoms with Crippen molar-refractivity contribution < 1.29 is 4.70 Å². The lowest BCUT2D eigenvalue weighted by atomic mass is 9.98. The van der Waals surface area contributed by atoms with Crippen LogP contribution in [0, 0.1) is 0 Å². The van der Waals surface area contributed by atoms with E-state index in [1.54, 1.807) is 0 Å². The zero-order valence-corrected chi connectivity index (χ0v) is 26.0. The second-order valence-corrected chi connectivity index (χ2v) is 11.7. The Labute approximate surface area is 245 Å². The van der Waals surface area contributed by atoms with Crippen molar-refractivity contribution in [3.8, 4) is 0 Å². The lowest BCUT2D eigenvalue weighted by Crippen LogP contribution is -2.03. The highest BCUT2D eigenvalue weighted by Gasteiger charge is 2.32. The van der Waals surface area contributed by atoms with E-state index in [0.717, 1.165) is 52.9 Å². The molecule has 1 aliphatic heterocycles. The average molecular weight is 539 g/mol. The van der Waals surface area contributed by atoms with Gasteiger partial charge in [0.2, 0.25) is 11.4 Å². The van der Waals surface area contributed by atoms with Gasteiger partial charge in [-0.2, -0.15) is 0 Å². The maximum absolute atomic E-state index is 11.7. The number of rotatable bonds is 19. The van der Waals surface area contributed by atoms with Crippen LogP contribution < -0.4 is 0 Å². The van der Waals surface area contributed by atoms with Crippen molar-refractivity contribution in [3.05, 3.63) is 99.6 Å². The quantitative estimate of drug-likeness (QED) is 0.125. The molecule has 40 heavy (non-hydrogen) atoms. The molecule has 216 valence electrons. The Morgan fingerprint density at radius 2 is 1.12 bits per heavy atom. The van der Waals surface area contributed by atoms with Crippen molar-refractivity contribution in [2.24, 2.45) is 0 Å². The average Bonchev–Trinajstić information content (AvgIpc) is 3.22. The summed E-state index contributed by atoms with van der Waals surface area (Å²) in [4.78, 5) is 0. The van der Waals surface area contributed by atoms with Crippen LogP contribution in [-0.2, 0) is 12.8 Å². The number of hydrogen-bond donors (Lipinski definition) is 0. The van der Waals surface area contributed by atoms with Crippen LogP contribution in [0.2, 0.25) is 0 Å². The van der Waals surface area contributed by atoms with E-state index in [2.05, 4.69) is 88.4 Å². The van der Waals surface area contributed by atoms with Gasteiger partial charge in [-0.25, -0.2) is 4.70 Å². The summed E-state index contributed by atoms with van der Waals surface area (Å²) in [6, 6.07) is 17.5. The minimum atomic E-state index is 0.910. The Bertz CT molecular complexity index is 1160. The van der Waals surface area contributed by atoms with Crippen LogP contribution in [0.4, 0.5) is 0 Å². The van der Waals surface area contributed by atoms with Crippen molar-refractivity contribution in [2.45, 2.75) is 130 Å². The van der Waals surface area contributed by atoms with Gasteiger partial charge in [-0.3, -0.25) is 0 Å². The molecule has 0 fully saturated rings. The van der Waals surface area contributed by atoms with Crippen LogP contribution in [0.1, 0.15) is 140 Å². The SMILES string of the molecule is CCCCCCCCCCCC=CC1=C(c2cccc(CCCC)c2)[N+](=[N-])C(c2cccc(CCCC)c2)=C1C. The highest BCUT2D eigenvalue weighted by atomic mass is 15.2. The van der Waals surface area contributed by atoms with Crippen molar-refractivity contribution in [3.63, 3.8) is 0 Å². The molecule has 2 nitrogen and oxygen atoms in total. The van der Waals surface area contributed by atoms with Gasteiger partial charge in [0.25, 0.3) is 0 Å². The second kappa shape index (κ2) is 17.8. The van der Waals surface area contributed by atoms with Crippen molar-refractivity contribution >= 4 is 11.4 Å². The molecule has 0 radical (unpaired) electrons. The van der Waals surface area contributed by atoms with E-state index >= 15 is 0 Å². The molecule has 0 atom stereocenters. The van der Waals surface area contributed by atoms with Gasteiger partial charge >= 0.3 is 0 Å². The first-order valence-electron chi connectivity index (χ1n) is 16.4. The monoisotopic (exact) mass is 538 g/mol. The fraction of sp³-hybridized carbons (Fsp3) is 0.526. The van der Waals surface area contributed by atoms with Gasteiger partial charge in [-0.15, -0.1) is 0 Å². The fourth-order valence-electron chi connectivity index (χ4n) is 5.79. The van der Waals surface area contributed by atoms with Gasteiger partial charge in [-0.1, -0.05) is 121 Å². The summed E-state index contributed by atoms with van der Waals surface area (Å²) in [5.74, 6) is 0. The molecular formula is C38H54N2. The van der Waals surface area contributed by atoms with Gasteiger partial charge in [0.05, 0.1) is 5.57 Å².